The highest BCUT2D eigenvalue weighted by Crippen LogP contribution is 2.46. The Morgan fingerprint density at radius 1 is 0.358 bits per heavy atom. The van der Waals surface area contributed by atoms with Gasteiger partial charge in [-0.25, -0.2) is 0 Å². The molecule has 0 aliphatic rings. The Bertz CT molecular complexity index is 1690. The van der Waals surface area contributed by atoms with Gasteiger partial charge in [-0.3, -0.25) is 0 Å². The molecule has 4 aromatic carbocycles. The molecule has 0 unspecified atom stereocenters. The summed E-state index contributed by atoms with van der Waals surface area (Å²) in [7, 11) is 0. The Kier molecular flexibility index (Phi) is 11.6. The average molecular weight is 721 g/mol. The van der Waals surface area contributed by atoms with Gasteiger partial charge in [0.2, 0.25) is 0 Å². The molecule has 0 saturated heterocycles. The van der Waals surface area contributed by atoms with E-state index in [1.807, 2.05) is 24.3 Å². The normalized spacial score (nSPS) is 13.0. The molecule has 0 bridgehead atoms. The first-order chi connectivity index (χ1) is 24.1. The van der Waals surface area contributed by atoms with Crippen LogP contribution in [0.15, 0.2) is 48.5 Å². The van der Waals surface area contributed by atoms with E-state index in [0.29, 0.717) is 23.0 Å². The number of hydrogen-bond donors (Lipinski definition) is 4. The van der Waals surface area contributed by atoms with Gasteiger partial charge >= 0.3 is 0 Å². The average Bonchev–Trinajstić information content (AvgIpc) is 2.96. The molecule has 0 radical (unpaired) electrons. The predicted molar refractivity (Wildman–Crippen MR) is 224 cm³/mol. The summed E-state index contributed by atoms with van der Waals surface area (Å²) in [4.78, 5) is 0. The van der Waals surface area contributed by atoms with E-state index >= 15 is 0 Å². The van der Waals surface area contributed by atoms with Crippen LogP contribution in [-0.2, 0) is 21.7 Å². The smallest absolute Gasteiger partial charge is 0.119 e. The van der Waals surface area contributed by atoms with Crippen molar-refractivity contribution in [1.29, 1.82) is 0 Å². The molecule has 0 fully saturated rings. The molecule has 53 heavy (non-hydrogen) atoms. The van der Waals surface area contributed by atoms with E-state index in [4.69, 9.17) is 0 Å². The Labute approximate surface area is 321 Å². The van der Waals surface area contributed by atoms with E-state index in [-0.39, 0.29) is 33.5 Å². The molecule has 0 aromatic heterocycles. The van der Waals surface area contributed by atoms with Crippen LogP contribution in [0, 0.1) is 27.7 Å². The molecular formula is C49H68O4. The maximum atomic E-state index is 11.1. The first-order valence-corrected chi connectivity index (χ1v) is 19.5. The molecular weight excluding hydrogens is 653 g/mol. The first kappa shape index (κ1) is 41.8. The van der Waals surface area contributed by atoms with Crippen molar-refractivity contribution in [3.63, 3.8) is 0 Å². The number of aromatic hydroxyl groups is 4. The van der Waals surface area contributed by atoms with Crippen LogP contribution in [0.25, 0.3) is 0 Å². The number of phenols is 4. The van der Waals surface area contributed by atoms with E-state index in [1.54, 1.807) is 0 Å². The quantitative estimate of drug-likeness (QED) is 0.146. The maximum Gasteiger partial charge on any atom is 0.119 e. The van der Waals surface area contributed by atoms with Gasteiger partial charge in [-0.2, -0.15) is 0 Å². The van der Waals surface area contributed by atoms with Crippen LogP contribution in [0.1, 0.15) is 181 Å². The molecule has 0 saturated carbocycles. The zero-order valence-corrected chi connectivity index (χ0v) is 35.7. The molecule has 0 atom stereocenters. The number of phenolic OH excluding ortho intramolecular Hbond substituents is 4. The van der Waals surface area contributed by atoms with Crippen LogP contribution in [0.5, 0.6) is 23.0 Å². The second-order valence-electron chi connectivity index (χ2n) is 19.9. The van der Waals surface area contributed by atoms with Gasteiger partial charge in [0.05, 0.1) is 0 Å². The number of rotatable bonds is 8. The summed E-state index contributed by atoms with van der Waals surface area (Å²) in [6.07, 6.45) is 2.60. The second-order valence-corrected chi connectivity index (χ2v) is 19.9. The molecule has 4 aromatic rings. The van der Waals surface area contributed by atoms with Gasteiger partial charge in [0.15, 0.2) is 0 Å². The molecule has 4 rings (SSSR count). The summed E-state index contributed by atoms with van der Waals surface area (Å²) in [5.41, 5.74) is 11.7. The van der Waals surface area contributed by atoms with E-state index in [2.05, 4.69) is 135 Å². The minimum absolute atomic E-state index is 0.0242. The maximum absolute atomic E-state index is 11.1. The summed E-state index contributed by atoms with van der Waals surface area (Å²) < 4.78 is 0. The molecule has 0 amide bonds. The van der Waals surface area contributed by atoms with Crippen molar-refractivity contribution in [2.45, 2.75) is 164 Å². The minimum atomic E-state index is -0.245. The zero-order chi connectivity index (χ0) is 40.2. The molecule has 4 N–H and O–H groups in total. The molecule has 4 nitrogen and oxygen atoms in total. The number of aryl methyl sites for hydroxylation is 4. The van der Waals surface area contributed by atoms with Gasteiger partial charge in [0, 0.05) is 11.8 Å². The van der Waals surface area contributed by atoms with Crippen molar-refractivity contribution < 1.29 is 20.4 Å². The van der Waals surface area contributed by atoms with Gasteiger partial charge < -0.3 is 20.4 Å². The van der Waals surface area contributed by atoms with Crippen molar-refractivity contribution >= 4 is 0 Å². The van der Waals surface area contributed by atoms with Crippen LogP contribution in [0.3, 0.4) is 0 Å². The lowest BCUT2D eigenvalue weighted by Crippen LogP contribution is -2.17. The summed E-state index contributed by atoms with van der Waals surface area (Å²) in [6, 6.07) is 16.6. The van der Waals surface area contributed by atoms with Crippen LogP contribution < -0.4 is 0 Å². The first-order valence-electron chi connectivity index (χ1n) is 19.5. The second kappa shape index (κ2) is 14.7. The van der Waals surface area contributed by atoms with Crippen LogP contribution in [-0.4, -0.2) is 20.4 Å². The fraction of sp³-hybridized carbons (Fsp3) is 0.510. The van der Waals surface area contributed by atoms with Crippen molar-refractivity contribution in [2.75, 3.05) is 0 Å². The molecule has 0 heterocycles. The van der Waals surface area contributed by atoms with E-state index in [0.717, 1.165) is 63.8 Å². The molecule has 0 aliphatic carbocycles. The standard InChI is InChI=1S/C49H68O4/c1-28-20-42(50)38(46(5,6)7)24-34(28)32(35-25-39(47(8,9)10)43(51)21-29(35)2)18-17-19-33(36-26-40(48(11,12)13)44(52)22-30(36)3)37-27-41(49(14,15)16)45(53)23-31(37)4/h20-27,32-33,50-53H,17-19H2,1-16H3. The number of benzene rings is 4. The van der Waals surface area contributed by atoms with Crippen molar-refractivity contribution in [2.24, 2.45) is 0 Å². The summed E-state index contributed by atoms with van der Waals surface area (Å²) >= 11 is 0. The third kappa shape index (κ3) is 9.07. The van der Waals surface area contributed by atoms with Crippen LogP contribution in [0.4, 0.5) is 0 Å². The monoisotopic (exact) mass is 721 g/mol. The minimum Gasteiger partial charge on any atom is -0.508 e. The Morgan fingerprint density at radius 3 is 0.717 bits per heavy atom. The number of hydrogen-bond acceptors (Lipinski definition) is 4. The summed E-state index contributed by atoms with van der Waals surface area (Å²) in [5.74, 6) is 1.35. The van der Waals surface area contributed by atoms with Crippen molar-refractivity contribution in [1.82, 2.24) is 0 Å². The highest BCUT2D eigenvalue weighted by Gasteiger charge is 2.30. The van der Waals surface area contributed by atoms with Crippen LogP contribution in [0.2, 0.25) is 0 Å². The van der Waals surface area contributed by atoms with Gasteiger partial charge in [0.1, 0.15) is 23.0 Å². The lowest BCUT2D eigenvalue weighted by Gasteiger charge is -2.31. The summed E-state index contributed by atoms with van der Waals surface area (Å²) in [6.45, 7) is 34.1. The lowest BCUT2D eigenvalue weighted by atomic mass is 9.74. The molecule has 4 heteroatoms. The Balaban J connectivity index is 1.94. The molecule has 0 spiro atoms. The van der Waals surface area contributed by atoms with Crippen LogP contribution >= 0.6 is 0 Å². The Hall–Kier alpha value is -3.92. The van der Waals surface area contributed by atoms with E-state index < -0.39 is 0 Å². The van der Waals surface area contributed by atoms with Gasteiger partial charge in [-0.1, -0.05) is 114 Å². The highest BCUT2D eigenvalue weighted by atomic mass is 16.3. The van der Waals surface area contributed by atoms with E-state index in [1.165, 1.54) is 22.3 Å². The lowest BCUT2D eigenvalue weighted by molar-refractivity contribution is 0.444. The van der Waals surface area contributed by atoms with Crippen molar-refractivity contribution in [3.8, 4) is 23.0 Å². The SMILES string of the molecule is Cc1cc(O)c(C(C)(C)C)cc1C(CCCC(c1cc(C(C)(C)C)c(O)cc1C)c1cc(C(C)(C)C)c(O)cc1C)c1cc(C(C)(C)C)c(O)cc1C. The van der Waals surface area contributed by atoms with Gasteiger partial charge in [-0.15, -0.1) is 0 Å². The van der Waals surface area contributed by atoms with Crippen molar-refractivity contribution in [3.05, 3.63) is 115 Å². The fourth-order valence-electron chi connectivity index (χ4n) is 8.23. The molecule has 288 valence electrons. The van der Waals surface area contributed by atoms with E-state index in [9.17, 15) is 20.4 Å². The topological polar surface area (TPSA) is 80.9 Å². The summed E-state index contributed by atoms with van der Waals surface area (Å²) in [5, 5.41) is 44.5. The third-order valence-corrected chi connectivity index (χ3v) is 11.3. The fourth-order valence-corrected chi connectivity index (χ4v) is 8.23. The highest BCUT2D eigenvalue weighted by molar-refractivity contribution is 5.54. The predicted octanol–water partition coefficient (Wildman–Crippen LogP) is 13.1. The Morgan fingerprint density at radius 2 is 0.547 bits per heavy atom. The van der Waals surface area contributed by atoms with Gasteiger partial charge in [-0.05, 0) is 153 Å². The van der Waals surface area contributed by atoms with Gasteiger partial charge in [0.25, 0.3) is 0 Å². The molecule has 0 aliphatic heterocycles. The largest absolute Gasteiger partial charge is 0.508 e. The zero-order valence-electron chi connectivity index (χ0n) is 35.7. The third-order valence-electron chi connectivity index (χ3n) is 11.3.